The number of hydrogen-bond donors (Lipinski definition) is 2. The van der Waals surface area contributed by atoms with Gasteiger partial charge in [-0.3, -0.25) is 0 Å². The molecule has 24 heavy (non-hydrogen) atoms. The number of rotatable bonds is 7. The van der Waals surface area contributed by atoms with Crippen LogP contribution in [-0.2, 0) is 13.0 Å². The lowest BCUT2D eigenvalue weighted by atomic mass is 10.1. The van der Waals surface area contributed by atoms with Crippen molar-refractivity contribution in [2.75, 3.05) is 20.2 Å². The van der Waals surface area contributed by atoms with Crippen LogP contribution in [0.5, 0.6) is 5.75 Å². The molecule has 0 fully saturated rings. The van der Waals surface area contributed by atoms with E-state index in [-0.39, 0.29) is 5.82 Å². The van der Waals surface area contributed by atoms with E-state index in [1.54, 1.807) is 13.2 Å². The van der Waals surface area contributed by atoms with E-state index >= 15 is 0 Å². The second-order valence-electron chi connectivity index (χ2n) is 5.35. The van der Waals surface area contributed by atoms with Gasteiger partial charge in [-0.2, -0.15) is 0 Å². The molecule has 0 atom stereocenters. The number of aliphatic imine (C=N–C) groups is 1. The van der Waals surface area contributed by atoms with Crippen LogP contribution in [0.25, 0.3) is 0 Å². The van der Waals surface area contributed by atoms with Gasteiger partial charge in [0, 0.05) is 13.1 Å². The first-order valence-corrected chi connectivity index (χ1v) is 8.11. The van der Waals surface area contributed by atoms with Crippen molar-refractivity contribution in [3.05, 3.63) is 65.5 Å². The van der Waals surface area contributed by atoms with E-state index in [4.69, 9.17) is 4.74 Å². The van der Waals surface area contributed by atoms with Crippen molar-refractivity contribution in [3.8, 4) is 5.75 Å². The summed E-state index contributed by atoms with van der Waals surface area (Å²) in [6.07, 6.45) is 0.883. The third-order valence-corrected chi connectivity index (χ3v) is 3.52. The number of nitrogens with one attached hydrogen (secondary N) is 2. The van der Waals surface area contributed by atoms with Crippen molar-refractivity contribution in [1.29, 1.82) is 0 Å². The Bertz CT molecular complexity index is 656. The Morgan fingerprint density at radius 2 is 1.88 bits per heavy atom. The molecule has 0 bridgehead atoms. The first-order chi connectivity index (χ1) is 11.7. The first kappa shape index (κ1) is 17.8. The standard InChI is InChI=1S/C19H24FN3O/c1-3-21-19(23-14-16-5-4-6-17(20)13-16)22-12-11-15-7-9-18(24-2)10-8-15/h4-10,13H,3,11-12,14H2,1-2H3,(H2,21,22,23). The molecule has 2 N–H and O–H groups in total. The van der Waals surface area contributed by atoms with Crippen LogP contribution in [-0.4, -0.2) is 26.2 Å². The molecule has 2 rings (SSSR count). The minimum absolute atomic E-state index is 0.236. The molecule has 0 aliphatic carbocycles. The molecule has 0 heterocycles. The lowest BCUT2D eigenvalue weighted by molar-refractivity contribution is 0.414. The molecule has 4 nitrogen and oxygen atoms in total. The maximum absolute atomic E-state index is 13.2. The topological polar surface area (TPSA) is 45.7 Å². The zero-order valence-corrected chi connectivity index (χ0v) is 14.2. The van der Waals surface area contributed by atoms with Gasteiger partial charge in [0.2, 0.25) is 0 Å². The molecule has 0 saturated heterocycles. The number of methoxy groups -OCH3 is 1. The smallest absolute Gasteiger partial charge is 0.191 e. The van der Waals surface area contributed by atoms with Gasteiger partial charge in [-0.05, 0) is 48.7 Å². The maximum atomic E-state index is 13.2. The third-order valence-electron chi connectivity index (χ3n) is 3.52. The normalized spacial score (nSPS) is 11.2. The number of nitrogens with zero attached hydrogens (tertiary/aromatic N) is 1. The van der Waals surface area contributed by atoms with Crippen LogP contribution in [0, 0.1) is 5.82 Å². The van der Waals surface area contributed by atoms with Gasteiger partial charge in [0.15, 0.2) is 5.96 Å². The Kier molecular flexibility index (Phi) is 7.08. The van der Waals surface area contributed by atoms with Gasteiger partial charge < -0.3 is 15.4 Å². The maximum Gasteiger partial charge on any atom is 0.191 e. The lowest BCUT2D eigenvalue weighted by Crippen LogP contribution is -2.38. The molecule has 5 heteroatoms. The Hall–Kier alpha value is -2.56. The molecule has 0 unspecified atom stereocenters. The Morgan fingerprint density at radius 1 is 1.08 bits per heavy atom. The van der Waals surface area contributed by atoms with E-state index in [1.807, 2.05) is 25.1 Å². The molecule has 0 spiro atoms. The van der Waals surface area contributed by atoms with E-state index in [2.05, 4.69) is 27.8 Å². The fourth-order valence-electron chi connectivity index (χ4n) is 2.26. The summed E-state index contributed by atoms with van der Waals surface area (Å²) >= 11 is 0. The van der Waals surface area contributed by atoms with E-state index in [9.17, 15) is 4.39 Å². The number of ether oxygens (including phenoxy) is 1. The van der Waals surface area contributed by atoms with Gasteiger partial charge >= 0.3 is 0 Å². The van der Waals surface area contributed by atoms with E-state index in [1.165, 1.54) is 17.7 Å². The minimum Gasteiger partial charge on any atom is -0.497 e. The summed E-state index contributed by atoms with van der Waals surface area (Å²) in [6, 6.07) is 14.5. The fourth-order valence-corrected chi connectivity index (χ4v) is 2.26. The summed E-state index contributed by atoms with van der Waals surface area (Å²) in [4.78, 5) is 4.49. The monoisotopic (exact) mass is 329 g/mol. The summed E-state index contributed by atoms with van der Waals surface area (Å²) in [5.74, 6) is 1.35. The Morgan fingerprint density at radius 3 is 2.54 bits per heavy atom. The largest absolute Gasteiger partial charge is 0.497 e. The Balaban J connectivity index is 1.86. The molecule has 128 valence electrons. The molecular formula is C19H24FN3O. The van der Waals surface area contributed by atoms with Crippen LogP contribution < -0.4 is 15.4 Å². The van der Waals surface area contributed by atoms with E-state index < -0.39 is 0 Å². The van der Waals surface area contributed by atoms with Crippen molar-refractivity contribution in [2.45, 2.75) is 19.9 Å². The molecule has 0 aliphatic rings. The highest BCUT2D eigenvalue weighted by Crippen LogP contribution is 2.11. The molecule has 0 aromatic heterocycles. The molecule has 2 aromatic carbocycles. The van der Waals surface area contributed by atoms with Gasteiger partial charge in [-0.15, -0.1) is 0 Å². The Labute approximate surface area is 142 Å². The summed E-state index contributed by atoms with van der Waals surface area (Å²) in [5.41, 5.74) is 2.08. The number of benzene rings is 2. The van der Waals surface area contributed by atoms with E-state index in [0.717, 1.165) is 36.8 Å². The average molecular weight is 329 g/mol. The minimum atomic E-state index is -0.236. The predicted octanol–water partition coefficient (Wildman–Crippen LogP) is 3.13. The second kappa shape index (κ2) is 9.55. The van der Waals surface area contributed by atoms with Crippen LogP contribution in [0.3, 0.4) is 0 Å². The van der Waals surface area contributed by atoms with Crippen molar-refractivity contribution in [1.82, 2.24) is 10.6 Å². The highest BCUT2D eigenvalue weighted by Gasteiger charge is 2.00. The van der Waals surface area contributed by atoms with Gasteiger partial charge in [-0.25, -0.2) is 9.38 Å². The molecular weight excluding hydrogens is 305 g/mol. The number of guanidine groups is 1. The summed E-state index contributed by atoms with van der Waals surface area (Å²) in [6.45, 7) is 4.00. The fraction of sp³-hybridized carbons (Fsp3) is 0.316. The zero-order valence-electron chi connectivity index (χ0n) is 14.2. The third kappa shape index (κ3) is 5.91. The van der Waals surface area contributed by atoms with Gasteiger partial charge in [-0.1, -0.05) is 24.3 Å². The van der Waals surface area contributed by atoms with Crippen LogP contribution in [0.1, 0.15) is 18.1 Å². The SMILES string of the molecule is CCNC(=NCc1cccc(F)c1)NCCc1ccc(OC)cc1. The first-order valence-electron chi connectivity index (χ1n) is 8.11. The number of halogens is 1. The summed E-state index contributed by atoms with van der Waals surface area (Å²) in [5, 5.41) is 6.49. The summed E-state index contributed by atoms with van der Waals surface area (Å²) in [7, 11) is 1.66. The highest BCUT2D eigenvalue weighted by molar-refractivity contribution is 5.79. The zero-order chi connectivity index (χ0) is 17.2. The van der Waals surface area contributed by atoms with Gasteiger partial charge in [0.05, 0.1) is 13.7 Å². The number of hydrogen-bond acceptors (Lipinski definition) is 2. The molecule has 0 radical (unpaired) electrons. The molecule has 0 aliphatic heterocycles. The average Bonchev–Trinajstić information content (AvgIpc) is 2.60. The predicted molar refractivity (Wildman–Crippen MR) is 95.9 cm³/mol. The molecule has 0 saturated carbocycles. The van der Waals surface area contributed by atoms with Crippen LogP contribution in [0.15, 0.2) is 53.5 Å². The highest BCUT2D eigenvalue weighted by atomic mass is 19.1. The van der Waals surface area contributed by atoms with Crippen LogP contribution in [0.4, 0.5) is 4.39 Å². The van der Waals surface area contributed by atoms with Crippen molar-refractivity contribution < 1.29 is 9.13 Å². The molecule has 2 aromatic rings. The lowest BCUT2D eigenvalue weighted by Gasteiger charge is -2.11. The quantitative estimate of drug-likeness (QED) is 0.606. The summed E-state index contributed by atoms with van der Waals surface area (Å²) < 4.78 is 18.4. The van der Waals surface area contributed by atoms with Crippen molar-refractivity contribution >= 4 is 5.96 Å². The van der Waals surface area contributed by atoms with Gasteiger partial charge in [0.25, 0.3) is 0 Å². The molecule has 0 amide bonds. The van der Waals surface area contributed by atoms with Crippen LogP contribution >= 0.6 is 0 Å². The van der Waals surface area contributed by atoms with Gasteiger partial charge in [0.1, 0.15) is 11.6 Å². The van der Waals surface area contributed by atoms with Crippen molar-refractivity contribution in [3.63, 3.8) is 0 Å². The van der Waals surface area contributed by atoms with Crippen LogP contribution in [0.2, 0.25) is 0 Å². The van der Waals surface area contributed by atoms with Crippen molar-refractivity contribution in [2.24, 2.45) is 4.99 Å². The van der Waals surface area contributed by atoms with E-state index in [0.29, 0.717) is 6.54 Å². The second-order valence-corrected chi connectivity index (χ2v) is 5.35.